The number of benzene rings is 1. The summed E-state index contributed by atoms with van der Waals surface area (Å²) in [5.74, 6) is -1.25. The molecule has 1 amide bonds. The third-order valence-corrected chi connectivity index (χ3v) is 7.40. The number of carboxylic acid groups (broad SMARTS) is 1. The van der Waals surface area contributed by atoms with Crippen molar-refractivity contribution in [2.45, 2.75) is 50.5 Å². The second-order valence-electron chi connectivity index (χ2n) is 7.30. The summed E-state index contributed by atoms with van der Waals surface area (Å²) in [6, 6.07) is 7.10. The molecule has 3 rings (SSSR count). The third-order valence-electron chi connectivity index (χ3n) is 5.44. The molecule has 1 aromatic carbocycles. The van der Waals surface area contributed by atoms with Crippen LogP contribution in [0, 0.1) is 0 Å². The molecule has 1 aliphatic carbocycles. The molecule has 148 valence electrons. The number of fused-ring (bicyclic) bond motifs is 1. The first-order valence-electron chi connectivity index (χ1n) is 9.44. The van der Waals surface area contributed by atoms with Crippen molar-refractivity contribution in [3.05, 3.63) is 35.4 Å². The highest BCUT2D eigenvalue weighted by molar-refractivity contribution is 7.89. The highest BCUT2D eigenvalue weighted by atomic mass is 32.2. The van der Waals surface area contributed by atoms with Crippen molar-refractivity contribution in [2.24, 2.45) is 0 Å². The lowest BCUT2D eigenvalue weighted by Crippen LogP contribution is -2.43. The van der Waals surface area contributed by atoms with Crippen LogP contribution in [0.3, 0.4) is 0 Å². The molecule has 7 nitrogen and oxygen atoms in total. The predicted octanol–water partition coefficient (Wildman–Crippen LogP) is 1.49. The van der Waals surface area contributed by atoms with Crippen molar-refractivity contribution in [3.8, 4) is 0 Å². The Bertz CT molecular complexity index is 808. The van der Waals surface area contributed by atoms with Crippen molar-refractivity contribution >= 4 is 21.9 Å². The van der Waals surface area contributed by atoms with E-state index in [1.165, 1.54) is 15.4 Å². The van der Waals surface area contributed by atoms with Crippen LogP contribution in [-0.2, 0) is 26.0 Å². The topological polar surface area (TPSA) is 104 Å². The highest BCUT2D eigenvalue weighted by Crippen LogP contribution is 2.34. The minimum Gasteiger partial charge on any atom is -0.480 e. The van der Waals surface area contributed by atoms with Gasteiger partial charge in [-0.2, -0.15) is 0 Å². The molecule has 2 unspecified atom stereocenters. The number of hydrogen-bond donors (Lipinski definition) is 2. The van der Waals surface area contributed by atoms with Crippen LogP contribution in [0.15, 0.2) is 24.3 Å². The van der Waals surface area contributed by atoms with E-state index in [0.29, 0.717) is 19.4 Å². The van der Waals surface area contributed by atoms with Crippen molar-refractivity contribution in [1.82, 2.24) is 9.62 Å². The van der Waals surface area contributed by atoms with Crippen LogP contribution in [0.2, 0.25) is 0 Å². The molecular formula is C19H26N2O5S. The standard InChI is InChI=1S/C19H26N2O5S/c22-18(9-11-21-10-4-12-27(21,25)26)20-17(19(23)24)13-15-7-3-6-14-5-1-2-8-16(14)15/h1-2,5,8,15,17H,3-4,6-7,9-13H2,(H,20,22)(H,23,24). The summed E-state index contributed by atoms with van der Waals surface area (Å²) in [5, 5.41) is 12.1. The fourth-order valence-electron chi connectivity index (χ4n) is 4.04. The first-order chi connectivity index (χ1) is 12.9. The van der Waals surface area contributed by atoms with Gasteiger partial charge in [0.15, 0.2) is 0 Å². The van der Waals surface area contributed by atoms with Crippen LogP contribution in [0.1, 0.15) is 49.1 Å². The van der Waals surface area contributed by atoms with E-state index in [1.807, 2.05) is 18.2 Å². The number of carbonyl (C=O) groups is 2. The fourth-order valence-corrected chi connectivity index (χ4v) is 5.57. The molecular weight excluding hydrogens is 368 g/mol. The minimum atomic E-state index is -3.25. The van der Waals surface area contributed by atoms with Gasteiger partial charge in [0.1, 0.15) is 6.04 Å². The predicted molar refractivity (Wildman–Crippen MR) is 101 cm³/mol. The average molecular weight is 394 g/mol. The summed E-state index contributed by atoms with van der Waals surface area (Å²) >= 11 is 0. The van der Waals surface area contributed by atoms with Gasteiger partial charge in [0.25, 0.3) is 0 Å². The molecule has 2 atom stereocenters. The molecule has 1 saturated heterocycles. The SMILES string of the molecule is O=C(CCN1CCCS1(=O)=O)NC(CC1CCCc2ccccc21)C(=O)O. The smallest absolute Gasteiger partial charge is 0.326 e. The van der Waals surface area contributed by atoms with Gasteiger partial charge in [-0.25, -0.2) is 17.5 Å². The summed E-state index contributed by atoms with van der Waals surface area (Å²) in [7, 11) is -3.25. The molecule has 0 saturated carbocycles. The number of hydrogen-bond acceptors (Lipinski definition) is 4. The summed E-state index contributed by atoms with van der Waals surface area (Å²) in [4.78, 5) is 23.9. The zero-order chi connectivity index (χ0) is 19.4. The Morgan fingerprint density at radius 1 is 1.26 bits per heavy atom. The first-order valence-corrected chi connectivity index (χ1v) is 11.1. The van der Waals surface area contributed by atoms with Gasteiger partial charge in [-0.3, -0.25) is 4.79 Å². The van der Waals surface area contributed by atoms with Crippen LogP contribution >= 0.6 is 0 Å². The number of rotatable bonds is 7. The molecule has 1 heterocycles. The molecule has 0 bridgehead atoms. The second-order valence-corrected chi connectivity index (χ2v) is 9.39. The number of aliphatic carboxylic acids is 1. The normalized spacial score (nSPS) is 22.7. The van der Waals surface area contributed by atoms with Crippen LogP contribution in [-0.4, -0.2) is 54.6 Å². The number of carbonyl (C=O) groups excluding carboxylic acids is 1. The summed E-state index contributed by atoms with van der Waals surface area (Å²) in [6.07, 6.45) is 3.81. The van der Waals surface area contributed by atoms with Crippen LogP contribution < -0.4 is 5.32 Å². The van der Waals surface area contributed by atoms with Gasteiger partial charge < -0.3 is 10.4 Å². The van der Waals surface area contributed by atoms with E-state index >= 15 is 0 Å². The van der Waals surface area contributed by atoms with E-state index in [4.69, 9.17) is 0 Å². The van der Waals surface area contributed by atoms with Crippen LogP contribution in [0.4, 0.5) is 0 Å². The molecule has 0 spiro atoms. The van der Waals surface area contributed by atoms with E-state index in [9.17, 15) is 23.1 Å². The van der Waals surface area contributed by atoms with Crippen molar-refractivity contribution in [1.29, 1.82) is 0 Å². The fraction of sp³-hybridized carbons (Fsp3) is 0.579. The van der Waals surface area contributed by atoms with Crippen LogP contribution in [0.5, 0.6) is 0 Å². The number of aryl methyl sites for hydroxylation is 1. The average Bonchev–Trinajstić information content (AvgIpc) is 2.97. The number of sulfonamides is 1. The Balaban J connectivity index is 1.58. The summed E-state index contributed by atoms with van der Waals surface area (Å²) < 4.78 is 24.9. The van der Waals surface area contributed by atoms with Crippen molar-refractivity contribution in [2.75, 3.05) is 18.8 Å². The van der Waals surface area contributed by atoms with E-state index in [2.05, 4.69) is 11.4 Å². The van der Waals surface area contributed by atoms with Gasteiger partial charge in [-0.15, -0.1) is 0 Å². The van der Waals surface area contributed by atoms with Crippen LogP contribution in [0.25, 0.3) is 0 Å². The Kier molecular flexibility index (Phi) is 6.16. The minimum absolute atomic E-state index is 0.0235. The van der Waals surface area contributed by atoms with Gasteiger partial charge in [-0.05, 0) is 49.1 Å². The van der Waals surface area contributed by atoms with Gasteiger partial charge in [0.05, 0.1) is 5.75 Å². The molecule has 2 aliphatic rings. The second kappa shape index (κ2) is 8.39. The lowest BCUT2D eigenvalue weighted by Gasteiger charge is -2.28. The molecule has 27 heavy (non-hydrogen) atoms. The molecule has 1 aliphatic heterocycles. The lowest BCUT2D eigenvalue weighted by molar-refractivity contribution is -0.142. The van der Waals surface area contributed by atoms with E-state index in [0.717, 1.165) is 19.3 Å². The van der Waals surface area contributed by atoms with E-state index < -0.39 is 27.9 Å². The monoisotopic (exact) mass is 394 g/mol. The largest absolute Gasteiger partial charge is 0.480 e. The number of nitrogens with zero attached hydrogens (tertiary/aromatic N) is 1. The van der Waals surface area contributed by atoms with Gasteiger partial charge >= 0.3 is 5.97 Å². The summed E-state index contributed by atoms with van der Waals surface area (Å²) in [5.41, 5.74) is 2.43. The molecule has 1 aromatic rings. The maximum atomic E-state index is 12.2. The Labute approximate surface area is 159 Å². The summed E-state index contributed by atoms with van der Waals surface area (Å²) in [6.45, 7) is 0.531. The van der Waals surface area contributed by atoms with E-state index in [1.54, 1.807) is 0 Å². The molecule has 1 fully saturated rings. The number of nitrogens with one attached hydrogen (secondary N) is 1. The maximum Gasteiger partial charge on any atom is 0.326 e. The van der Waals surface area contributed by atoms with Gasteiger partial charge in [0, 0.05) is 19.5 Å². The lowest BCUT2D eigenvalue weighted by atomic mass is 9.79. The van der Waals surface area contributed by atoms with Gasteiger partial charge in [-0.1, -0.05) is 24.3 Å². The quantitative estimate of drug-likeness (QED) is 0.729. The Morgan fingerprint density at radius 3 is 2.74 bits per heavy atom. The molecule has 2 N–H and O–H groups in total. The Morgan fingerprint density at radius 2 is 2.04 bits per heavy atom. The third kappa shape index (κ3) is 4.87. The van der Waals surface area contributed by atoms with Crippen molar-refractivity contribution < 1.29 is 23.1 Å². The number of amides is 1. The molecule has 0 aromatic heterocycles. The first kappa shape index (κ1) is 19.8. The zero-order valence-corrected chi connectivity index (χ0v) is 16.1. The van der Waals surface area contributed by atoms with Gasteiger partial charge in [0.2, 0.25) is 15.9 Å². The zero-order valence-electron chi connectivity index (χ0n) is 15.3. The molecule has 8 heteroatoms. The van der Waals surface area contributed by atoms with E-state index in [-0.39, 0.29) is 24.6 Å². The Hall–Kier alpha value is -1.93. The van der Waals surface area contributed by atoms with Crippen molar-refractivity contribution in [3.63, 3.8) is 0 Å². The molecule has 0 radical (unpaired) electrons. The highest BCUT2D eigenvalue weighted by Gasteiger charge is 2.30. The maximum absolute atomic E-state index is 12.2. The number of carboxylic acids is 1.